The van der Waals surface area contributed by atoms with Gasteiger partial charge in [-0.15, -0.1) is 0 Å². The number of carbonyl (C=O) groups is 2. The lowest BCUT2D eigenvalue weighted by molar-refractivity contribution is -0.131. The smallest absolute Gasteiger partial charge is 0.328 e. The highest BCUT2D eigenvalue weighted by Gasteiger charge is 2.08. The maximum Gasteiger partial charge on any atom is 0.328 e. The van der Waals surface area contributed by atoms with Gasteiger partial charge in [-0.25, -0.2) is 4.79 Å². The second-order valence-electron chi connectivity index (χ2n) is 2.77. The van der Waals surface area contributed by atoms with Gasteiger partial charge in [0, 0.05) is 19.2 Å². The molecule has 14 heavy (non-hydrogen) atoms. The molecule has 0 bridgehead atoms. The summed E-state index contributed by atoms with van der Waals surface area (Å²) in [7, 11) is 0. The summed E-state index contributed by atoms with van der Waals surface area (Å²) in [5, 5.41) is 13.8. The predicted molar refractivity (Wildman–Crippen MR) is 52.9 cm³/mol. The van der Waals surface area contributed by atoms with Crippen LogP contribution in [-0.4, -0.2) is 36.1 Å². The standard InChI is InChI=1S/C9H16N2O3/c1-3-10-9(14)7(2)11-6-4-5-8(12)13/h4-5,7,11H,3,6H2,1-2H3,(H,10,14)(H,12,13)/b5-4+. The molecule has 0 radical (unpaired) electrons. The van der Waals surface area contributed by atoms with Gasteiger partial charge in [-0.05, 0) is 13.8 Å². The normalized spacial score (nSPS) is 12.7. The minimum Gasteiger partial charge on any atom is -0.478 e. The highest BCUT2D eigenvalue weighted by atomic mass is 16.4. The van der Waals surface area contributed by atoms with Crippen LogP contribution in [0.25, 0.3) is 0 Å². The second-order valence-corrected chi connectivity index (χ2v) is 2.77. The Morgan fingerprint density at radius 1 is 1.50 bits per heavy atom. The molecule has 0 rings (SSSR count). The van der Waals surface area contributed by atoms with Gasteiger partial charge in [-0.2, -0.15) is 0 Å². The summed E-state index contributed by atoms with van der Waals surface area (Å²) in [5.41, 5.74) is 0. The average Bonchev–Trinajstić information content (AvgIpc) is 2.12. The molecule has 80 valence electrons. The van der Waals surface area contributed by atoms with Gasteiger partial charge in [0.2, 0.25) is 5.91 Å². The Hall–Kier alpha value is -1.36. The molecule has 0 aliphatic rings. The van der Waals surface area contributed by atoms with E-state index >= 15 is 0 Å². The number of hydrogen-bond acceptors (Lipinski definition) is 3. The summed E-state index contributed by atoms with van der Waals surface area (Å²) in [6, 6.07) is -0.312. The molecule has 0 aromatic carbocycles. The van der Waals surface area contributed by atoms with Crippen LogP contribution in [-0.2, 0) is 9.59 Å². The lowest BCUT2D eigenvalue weighted by Gasteiger charge is -2.11. The highest BCUT2D eigenvalue weighted by Crippen LogP contribution is 1.81. The number of aliphatic carboxylic acids is 1. The van der Waals surface area contributed by atoms with E-state index in [1.54, 1.807) is 6.92 Å². The molecule has 0 fully saturated rings. The van der Waals surface area contributed by atoms with Crippen molar-refractivity contribution >= 4 is 11.9 Å². The van der Waals surface area contributed by atoms with E-state index in [2.05, 4.69) is 10.6 Å². The predicted octanol–water partition coefficient (Wildman–Crippen LogP) is -0.259. The molecule has 1 atom stereocenters. The van der Waals surface area contributed by atoms with Gasteiger partial charge < -0.3 is 15.7 Å². The van der Waals surface area contributed by atoms with Crippen LogP contribution in [0, 0.1) is 0 Å². The van der Waals surface area contributed by atoms with E-state index in [4.69, 9.17) is 5.11 Å². The molecular formula is C9H16N2O3. The molecule has 0 saturated carbocycles. The van der Waals surface area contributed by atoms with Crippen molar-refractivity contribution in [3.63, 3.8) is 0 Å². The van der Waals surface area contributed by atoms with Crippen LogP contribution in [0.4, 0.5) is 0 Å². The van der Waals surface area contributed by atoms with E-state index in [1.165, 1.54) is 6.08 Å². The Bertz CT molecular complexity index is 226. The monoisotopic (exact) mass is 200 g/mol. The lowest BCUT2D eigenvalue weighted by Crippen LogP contribution is -2.42. The Morgan fingerprint density at radius 2 is 2.14 bits per heavy atom. The maximum absolute atomic E-state index is 11.2. The van der Waals surface area contributed by atoms with Gasteiger partial charge in [0.15, 0.2) is 0 Å². The second kappa shape index (κ2) is 7.08. The molecule has 5 nitrogen and oxygen atoms in total. The molecule has 0 saturated heterocycles. The Labute approximate surface area is 83.2 Å². The van der Waals surface area contributed by atoms with Crippen molar-refractivity contribution in [1.29, 1.82) is 0 Å². The molecule has 1 amide bonds. The third-order valence-electron chi connectivity index (χ3n) is 1.55. The maximum atomic E-state index is 11.2. The van der Waals surface area contributed by atoms with Crippen molar-refractivity contribution in [2.75, 3.05) is 13.1 Å². The lowest BCUT2D eigenvalue weighted by atomic mass is 10.3. The minimum absolute atomic E-state index is 0.0868. The zero-order chi connectivity index (χ0) is 11.0. The highest BCUT2D eigenvalue weighted by molar-refractivity contribution is 5.81. The fourth-order valence-electron chi connectivity index (χ4n) is 0.825. The van der Waals surface area contributed by atoms with Crippen LogP contribution < -0.4 is 10.6 Å². The molecule has 0 heterocycles. The molecular weight excluding hydrogens is 184 g/mol. The first-order chi connectivity index (χ1) is 6.57. The van der Waals surface area contributed by atoms with Crippen molar-refractivity contribution in [3.05, 3.63) is 12.2 Å². The summed E-state index contributed by atoms with van der Waals surface area (Å²) in [5.74, 6) is -1.08. The number of carboxylic acid groups (broad SMARTS) is 1. The summed E-state index contributed by atoms with van der Waals surface area (Å²) >= 11 is 0. The van der Waals surface area contributed by atoms with Crippen LogP contribution in [0.5, 0.6) is 0 Å². The van der Waals surface area contributed by atoms with Crippen LogP contribution in [0.1, 0.15) is 13.8 Å². The third kappa shape index (κ3) is 6.19. The molecule has 0 aromatic heterocycles. The first kappa shape index (κ1) is 12.6. The van der Waals surface area contributed by atoms with Crippen LogP contribution in [0.2, 0.25) is 0 Å². The molecule has 0 spiro atoms. The first-order valence-electron chi connectivity index (χ1n) is 4.48. The Balaban J connectivity index is 3.68. The van der Waals surface area contributed by atoms with Crippen molar-refractivity contribution in [3.8, 4) is 0 Å². The average molecular weight is 200 g/mol. The number of carboxylic acids is 1. The van der Waals surface area contributed by atoms with Crippen LogP contribution in [0.15, 0.2) is 12.2 Å². The number of nitrogens with one attached hydrogen (secondary N) is 2. The number of carbonyl (C=O) groups excluding carboxylic acids is 1. The molecule has 0 aliphatic heterocycles. The molecule has 3 N–H and O–H groups in total. The summed E-state index contributed by atoms with van der Waals surface area (Å²) in [4.78, 5) is 21.2. The topological polar surface area (TPSA) is 78.4 Å². The SMILES string of the molecule is CCNC(=O)C(C)NC/C=C/C(=O)O. The fourth-order valence-corrected chi connectivity index (χ4v) is 0.825. The number of amides is 1. The van der Waals surface area contributed by atoms with Crippen LogP contribution >= 0.6 is 0 Å². The van der Waals surface area contributed by atoms with E-state index in [9.17, 15) is 9.59 Å². The number of rotatable bonds is 6. The number of hydrogen-bond donors (Lipinski definition) is 3. The van der Waals surface area contributed by atoms with Gasteiger partial charge in [-0.1, -0.05) is 6.08 Å². The molecule has 1 unspecified atom stereocenters. The zero-order valence-corrected chi connectivity index (χ0v) is 8.41. The summed E-state index contributed by atoms with van der Waals surface area (Å²) < 4.78 is 0. The zero-order valence-electron chi connectivity index (χ0n) is 8.41. The molecule has 0 aliphatic carbocycles. The van der Waals surface area contributed by atoms with E-state index < -0.39 is 5.97 Å². The Morgan fingerprint density at radius 3 is 2.64 bits per heavy atom. The van der Waals surface area contributed by atoms with Crippen molar-refractivity contribution in [2.45, 2.75) is 19.9 Å². The summed E-state index contributed by atoms with van der Waals surface area (Å²) in [6.07, 6.45) is 2.50. The van der Waals surface area contributed by atoms with Gasteiger partial charge in [-0.3, -0.25) is 4.79 Å². The van der Waals surface area contributed by atoms with E-state index in [-0.39, 0.29) is 11.9 Å². The minimum atomic E-state index is -0.988. The Kier molecular flexibility index (Phi) is 6.39. The van der Waals surface area contributed by atoms with Gasteiger partial charge in [0.1, 0.15) is 0 Å². The van der Waals surface area contributed by atoms with E-state index in [0.29, 0.717) is 13.1 Å². The quantitative estimate of drug-likeness (QED) is 0.516. The first-order valence-corrected chi connectivity index (χ1v) is 4.48. The van der Waals surface area contributed by atoms with Crippen molar-refractivity contribution in [1.82, 2.24) is 10.6 Å². The molecule has 0 aromatic rings. The van der Waals surface area contributed by atoms with E-state index in [1.807, 2.05) is 6.92 Å². The fraction of sp³-hybridized carbons (Fsp3) is 0.556. The molecule has 5 heteroatoms. The van der Waals surface area contributed by atoms with Crippen LogP contribution in [0.3, 0.4) is 0 Å². The van der Waals surface area contributed by atoms with Gasteiger partial charge in [0.05, 0.1) is 6.04 Å². The van der Waals surface area contributed by atoms with Gasteiger partial charge >= 0.3 is 5.97 Å². The largest absolute Gasteiger partial charge is 0.478 e. The van der Waals surface area contributed by atoms with Crippen molar-refractivity contribution < 1.29 is 14.7 Å². The van der Waals surface area contributed by atoms with Crippen molar-refractivity contribution in [2.24, 2.45) is 0 Å². The van der Waals surface area contributed by atoms with E-state index in [0.717, 1.165) is 6.08 Å². The summed E-state index contributed by atoms with van der Waals surface area (Å²) in [6.45, 7) is 4.52. The third-order valence-corrected chi connectivity index (χ3v) is 1.55. The van der Waals surface area contributed by atoms with Gasteiger partial charge in [0.25, 0.3) is 0 Å². The number of likely N-dealkylation sites (N-methyl/N-ethyl adjacent to an activating group) is 1.